The maximum atomic E-state index is 12.8. The standard InChI is InChI=1S/C42H55N7O7S/c1-6-48(7-2)30-11-14-33-36(27-30)56-37-28-31(49(8-3)9-4)12-15-34(37)39(33)32-13-10-29(26-35(32)40(51)52)45-41(57)44-19-21-54-23-25-55-24-22-53-20-18-43-38(50)16-17-42(5)46-47-42/h10-15,26-28H,6-9,16-25H2,1-5H3,(H3,43,44,50,51,52,57)/p+1. The number of nitrogens with one attached hydrogen (secondary N) is 3. The van der Waals surface area contributed by atoms with Crippen molar-refractivity contribution >= 4 is 51.6 Å². The molecule has 57 heavy (non-hydrogen) atoms. The summed E-state index contributed by atoms with van der Waals surface area (Å²) in [7, 11) is 0. The highest BCUT2D eigenvalue weighted by molar-refractivity contribution is 7.80. The van der Waals surface area contributed by atoms with Crippen LogP contribution in [0.2, 0.25) is 0 Å². The summed E-state index contributed by atoms with van der Waals surface area (Å²) in [5.41, 5.74) is 4.26. The molecule has 0 saturated carbocycles. The molecule has 4 N–H and O–H groups in total. The Labute approximate surface area is 339 Å². The van der Waals surface area contributed by atoms with E-state index in [2.05, 4.69) is 75.5 Å². The van der Waals surface area contributed by atoms with E-state index in [0.717, 1.165) is 53.7 Å². The van der Waals surface area contributed by atoms with E-state index in [9.17, 15) is 14.7 Å². The first kappa shape index (κ1) is 43.2. The van der Waals surface area contributed by atoms with Crippen molar-refractivity contribution in [3.05, 3.63) is 65.5 Å². The first-order valence-corrected chi connectivity index (χ1v) is 20.2. The molecule has 2 aromatic rings. The summed E-state index contributed by atoms with van der Waals surface area (Å²) in [6.45, 7) is 17.1. The predicted molar refractivity (Wildman–Crippen MR) is 227 cm³/mol. The van der Waals surface area contributed by atoms with Crippen molar-refractivity contribution in [1.29, 1.82) is 0 Å². The Bertz CT molecular complexity index is 2070. The molecule has 5 rings (SSSR count). The number of amides is 1. The number of hydrogen-bond donors (Lipinski definition) is 4. The normalized spacial score (nSPS) is 12.8. The van der Waals surface area contributed by atoms with Gasteiger partial charge in [-0.3, -0.25) is 4.79 Å². The number of anilines is 2. The second kappa shape index (κ2) is 21.0. The third-order valence-electron chi connectivity index (χ3n) is 9.83. The fraction of sp³-hybridized carbons (Fsp3) is 0.476. The van der Waals surface area contributed by atoms with Crippen molar-refractivity contribution in [2.24, 2.45) is 10.2 Å². The summed E-state index contributed by atoms with van der Waals surface area (Å²) in [5, 5.41) is 29.6. The molecule has 2 aliphatic heterocycles. The van der Waals surface area contributed by atoms with E-state index in [1.807, 2.05) is 43.3 Å². The molecule has 0 spiro atoms. The number of carboxylic acid groups (broad SMARTS) is 1. The van der Waals surface area contributed by atoms with Crippen molar-refractivity contribution < 1.29 is 33.3 Å². The fourth-order valence-corrected chi connectivity index (χ4v) is 6.81. The first-order chi connectivity index (χ1) is 27.6. The summed E-state index contributed by atoms with van der Waals surface area (Å²) in [6.07, 6.45) is 1.02. The SMILES string of the molecule is CCN(CC)c1ccc2c(-c3ccc(NC(=S)NCCOCCOCCOCCNC(=O)CCC4(C)N=N4)cc3C(=O)O)c3ccc(=[N+](CC)CC)cc-3oc2c1. The van der Waals surface area contributed by atoms with Gasteiger partial charge in [-0.2, -0.15) is 10.2 Å². The third-order valence-corrected chi connectivity index (χ3v) is 10.1. The second-order valence-corrected chi connectivity index (χ2v) is 14.1. The number of nitrogens with zero attached hydrogens (tertiary/aromatic N) is 4. The van der Waals surface area contributed by atoms with Crippen LogP contribution in [0.1, 0.15) is 57.8 Å². The van der Waals surface area contributed by atoms with Gasteiger partial charge < -0.3 is 44.6 Å². The van der Waals surface area contributed by atoms with Crippen LogP contribution >= 0.6 is 12.2 Å². The molecular weight excluding hydrogens is 747 g/mol. The van der Waals surface area contributed by atoms with Gasteiger partial charge in [0.2, 0.25) is 11.3 Å². The van der Waals surface area contributed by atoms with E-state index >= 15 is 0 Å². The van der Waals surface area contributed by atoms with Crippen LogP contribution in [0.15, 0.2) is 69.2 Å². The minimum atomic E-state index is -1.05. The van der Waals surface area contributed by atoms with E-state index in [1.54, 1.807) is 6.07 Å². The summed E-state index contributed by atoms with van der Waals surface area (Å²) >= 11 is 5.51. The van der Waals surface area contributed by atoms with E-state index in [1.165, 1.54) is 0 Å². The van der Waals surface area contributed by atoms with Gasteiger partial charge >= 0.3 is 5.97 Å². The van der Waals surface area contributed by atoms with Gasteiger partial charge in [0.05, 0.1) is 51.3 Å². The molecule has 0 atom stereocenters. The van der Waals surface area contributed by atoms with E-state index in [0.29, 0.717) is 93.3 Å². The number of hydrogen-bond acceptors (Lipinski definition) is 10. The highest BCUT2D eigenvalue weighted by Crippen LogP contribution is 2.42. The topological polar surface area (TPSA) is 162 Å². The van der Waals surface area contributed by atoms with Gasteiger partial charge in [-0.05, 0) is 82.7 Å². The molecule has 1 amide bonds. The van der Waals surface area contributed by atoms with Crippen LogP contribution in [0.5, 0.6) is 0 Å². The molecular formula is C42H56N7O7S+. The van der Waals surface area contributed by atoms with Crippen LogP contribution in [0.25, 0.3) is 33.4 Å². The molecule has 0 fully saturated rings. The van der Waals surface area contributed by atoms with Crippen molar-refractivity contribution in [1.82, 2.24) is 15.2 Å². The number of benzene rings is 3. The maximum Gasteiger partial charge on any atom is 0.336 e. The van der Waals surface area contributed by atoms with Gasteiger partial charge in [0.25, 0.3) is 0 Å². The number of carbonyl (C=O) groups excluding carboxylic acids is 1. The molecule has 15 heteroatoms. The van der Waals surface area contributed by atoms with Crippen molar-refractivity contribution in [2.75, 3.05) is 89.1 Å². The lowest BCUT2D eigenvalue weighted by molar-refractivity contribution is -0.121. The largest absolute Gasteiger partial charge is 0.478 e. The van der Waals surface area contributed by atoms with Crippen LogP contribution in [-0.2, 0) is 19.0 Å². The van der Waals surface area contributed by atoms with Crippen LogP contribution in [-0.4, -0.2) is 107 Å². The molecule has 0 saturated heterocycles. The Morgan fingerprint density at radius 2 is 1.49 bits per heavy atom. The fourth-order valence-electron chi connectivity index (χ4n) is 6.59. The molecule has 0 radical (unpaired) electrons. The Hall–Kier alpha value is -4.96. The number of rotatable bonds is 23. The quantitative estimate of drug-likeness (QED) is 0.0303. The second-order valence-electron chi connectivity index (χ2n) is 13.7. The van der Waals surface area contributed by atoms with Crippen LogP contribution in [0.4, 0.5) is 11.4 Å². The zero-order valence-electron chi connectivity index (χ0n) is 33.7. The third kappa shape index (κ3) is 12.0. The lowest BCUT2D eigenvalue weighted by Gasteiger charge is -2.22. The lowest BCUT2D eigenvalue weighted by atomic mass is 9.90. The van der Waals surface area contributed by atoms with Crippen LogP contribution in [0, 0.1) is 0 Å². The van der Waals surface area contributed by atoms with Crippen molar-refractivity contribution in [3.63, 3.8) is 0 Å². The predicted octanol–water partition coefficient (Wildman–Crippen LogP) is 5.98. The summed E-state index contributed by atoms with van der Waals surface area (Å²) < 4.78 is 25.5. The molecule has 3 aliphatic rings. The minimum Gasteiger partial charge on any atom is -0.478 e. The molecule has 14 nitrogen and oxygen atoms in total. The average Bonchev–Trinajstić information content (AvgIpc) is 3.95. The van der Waals surface area contributed by atoms with Crippen LogP contribution in [0.3, 0.4) is 0 Å². The molecule has 2 heterocycles. The molecule has 0 aromatic heterocycles. The molecule has 1 aliphatic carbocycles. The maximum absolute atomic E-state index is 12.8. The van der Waals surface area contributed by atoms with Crippen LogP contribution < -0.4 is 30.8 Å². The van der Waals surface area contributed by atoms with E-state index in [4.69, 9.17) is 30.8 Å². The highest BCUT2D eigenvalue weighted by Gasteiger charge is 2.33. The summed E-state index contributed by atoms with van der Waals surface area (Å²) in [4.78, 5) is 26.9. The van der Waals surface area contributed by atoms with Gasteiger partial charge in [-0.1, -0.05) is 6.07 Å². The molecule has 306 valence electrons. The summed E-state index contributed by atoms with van der Waals surface area (Å²) in [6, 6.07) is 17.5. The zero-order valence-corrected chi connectivity index (χ0v) is 34.5. The van der Waals surface area contributed by atoms with E-state index < -0.39 is 5.97 Å². The number of carbonyl (C=O) groups is 2. The number of carboxylic acids is 1. The first-order valence-electron chi connectivity index (χ1n) is 19.8. The molecule has 0 bridgehead atoms. The zero-order chi connectivity index (χ0) is 40.8. The number of fused-ring (bicyclic) bond motifs is 2. The monoisotopic (exact) mass is 802 g/mol. The Kier molecular flexibility index (Phi) is 15.9. The van der Waals surface area contributed by atoms with Crippen molar-refractivity contribution in [3.8, 4) is 22.5 Å². The average molecular weight is 803 g/mol. The minimum absolute atomic E-state index is 0.0318. The smallest absolute Gasteiger partial charge is 0.336 e. The Balaban J connectivity index is 1.14. The van der Waals surface area contributed by atoms with Gasteiger partial charge in [-0.15, -0.1) is 0 Å². The Morgan fingerprint density at radius 1 is 0.842 bits per heavy atom. The number of ether oxygens (including phenoxy) is 3. The van der Waals surface area contributed by atoms with Gasteiger partial charge in [-0.25, -0.2) is 9.37 Å². The van der Waals surface area contributed by atoms with Crippen molar-refractivity contribution in [2.45, 2.75) is 53.1 Å². The van der Waals surface area contributed by atoms with Gasteiger partial charge in [0, 0.05) is 79.0 Å². The highest BCUT2D eigenvalue weighted by atomic mass is 32.1. The molecule has 2 aromatic carbocycles. The molecule has 0 unspecified atom stereocenters. The number of aromatic carboxylic acids is 1. The summed E-state index contributed by atoms with van der Waals surface area (Å²) in [5.74, 6) is -0.401. The Morgan fingerprint density at radius 3 is 2.12 bits per heavy atom. The van der Waals surface area contributed by atoms with Gasteiger partial charge in [0.15, 0.2) is 10.8 Å². The van der Waals surface area contributed by atoms with E-state index in [-0.39, 0.29) is 17.1 Å². The number of thiocarbonyl (C=S) groups is 1. The lowest BCUT2D eigenvalue weighted by Crippen LogP contribution is -2.31. The van der Waals surface area contributed by atoms with Gasteiger partial charge in [0.1, 0.15) is 24.4 Å².